The number of halogens is 1. The number of benzene rings is 1. The Hall–Kier alpha value is -0.760. The van der Waals surface area contributed by atoms with Crippen LogP contribution in [0.5, 0.6) is 5.75 Å². The van der Waals surface area contributed by atoms with E-state index in [-0.39, 0.29) is 5.60 Å². The zero-order valence-corrected chi connectivity index (χ0v) is 10.2. The summed E-state index contributed by atoms with van der Waals surface area (Å²) in [6.45, 7) is 6.25. The van der Waals surface area contributed by atoms with Crippen LogP contribution in [0.4, 0.5) is 0 Å². The highest BCUT2D eigenvalue weighted by Gasteiger charge is 2.31. The first kappa shape index (κ1) is 9.78. The summed E-state index contributed by atoms with van der Waals surface area (Å²) in [4.78, 5) is 0. The van der Waals surface area contributed by atoms with Gasteiger partial charge in [0.05, 0.1) is 0 Å². The van der Waals surface area contributed by atoms with Crippen LogP contribution in [0.2, 0.25) is 0 Å². The molecule has 0 aromatic heterocycles. The second kappa shape index (κ2) is 3.13. The third-order valence-corrected chi connectivity index (χ3v) is 4.06. The highest BCUT2D eigenvalue weighted by atomic mass is 79.9. The molecule has 1 aliphatic heterocycles. The number of para-hydroxylation sites is 1. The molecule has 2 rings (SSSR count). The van der Waals surface area contributed by atoms with E-state index in [1.807, 2.05) is 18.2 Å². The summed E-state index contributed by atoms with van der Waals surface area (Å²) in [6, 6.07) is 8.13. The van der Waals surface area contributed by atoms with Gasteiger partial charge in [-0.15, -0.1) is 0 Å². The van der Waals surface area contributed by atoms with Crippen molar-refractivity contribution in [3.8, 4) is 5.75 Å². The molecule has 0 saturated carbocycles. The predicted octanol–water partition coefficient (Wildman–Crippen LogP) is 3.98. The Bertz CT molecular complexity index is 405. The minimum absolute atomic E-state index is 0.252. The Morgan fingerprint density at radius 2 is 1.86 bits per heavy atom. The smallest absolute Gasteiger partial charge is 0.135 e. The van der Waals surface area contributed by atoms with Crippen molar-refractivity contribution in [1.29, 1.82) is 0 Å². The summed E-state index contributed by atoms with van der Waals surface area (Å²) < 4.78 is 7.03. The van der Waals surface area contributed by atoms with E-state index in [1.165, 1.54) is 11.1 Å². The van der Waals surface area contributed by atoms with Crippen LogP contribution in [-0.4, -0.2) is 5.60 Å². The number of hydrogen-bond donors (Lipinski definition) is 0. The molecule has 0 atom stereocenters. The Kier molecular flexibility index (Phi) is 2.18. The molecule has 0 aliphatic carbocycles. The van der Waals surface area contributed by atoms with Crippen LogP contribution in [-0.2, 0) is 0 Å². The van der Waals surface area contributed by atoms with E-state index in [2.05, 4.69) is 42.8 Å². The Morgan fingerprint density at radius 1 is 1.21 bits per heavy atom. The van der Waals surface area contributed by atoms with E-state index < -0.39 is 0 Å². The van der Waals surface area contributed by atoms with Crippen molar-refractivity contribution < 1.29 is 4.74 Å². The standard InChI is InChI=1S/C12H13BrO/c1-8-9-6-4-5-7-10(9)14-12(2,3)11(8)13/h4-7H,1-3H3. The van der Waals surface area contributed by atoms with Crippen molar-refractivity contribution in [3.05, 3.63) is 34.3 Å². The Labute approximate surface area is 92.9 Å². The molecular weight excluding hydrogens is 240 g/mol. The summed E-state index contributed by atoms with van der Waals surface area (Å²) in [5.74, 6) is 0.971. The molecule has 0 fully saturated rings. The number of hydrogen-bond acceptors (Lipinski definition) is 1. The van der Waals surface area contributed by atoms with Gasteiger partial charge < -0.3 is 4.74 Å². The second-order valence-corrected chi connectivity index (χ2v) is 4.84. The van der Waals surface area contributed by atoms with E-state index in [4.69, 9.17) is 4.74 Å². The van der Waals surface area contributed by atoms with Crippen LogP contribution in [0.25, 0.3) is 5.57 Å². The van der Waals surface area contributed by atoms with Crippen molar-refractivity contribution >= 4 is 21.5 Å². The number of fused-ring (bicyclic) bond motifs is 1. The molecule has 0 amide bonds. The molecule has 1 aromatic carbocycles. The number of rotatable bonds is 0. The fourth-order valence-corrected chi connectivity index (χ4v) is 2.05. The molecular formula is C12H13BrO. The van der Waals surface area contributed by atoms with Crippen LogP contribution in [0, 0.1) is 0 Å². The van der Waals surface area contributed by atoms with Gasteiger partial charge in [0.15, 0.2) is 0 Å². The molecule has 1 nitrogen and oxygen atoms in total. The van der Waals surface area contributed by atoms with Crippen molar-refractivity contribution in [2.24, 2.45) is 0 Å². The third kappa shape index (κ3) is 1.38. The van der Waals surface area contributed by atoms with Crippen molar-refractivity contribution in [2.45, 2.75) is 26.4 Å². The first-order chi connectivity index (χ1) is 6.52. The SMILES string of the molecule is CC1=C(Br)C(C)(C)Oc2ccccc21. The van der Waals surface area contributed by atoms with Crippen LogP contribution >= 0.6 is 15.9 Å². The zero-order chi connectivity index (χ0) is 10.3. The molecule has 14 heavy (non-hydrogen) atoms. The molecule has 74 valence electrons. The Balaban J connectivity index is 2.64. The lowest BCUT2D eigenvalue weighted by Crippen LogP contribution is -2.32. The Morgan fingerprint density at radius 3 is 2.57 bits per heavy atom. The van der Waals surface area contributed by atoms with Gasteiger partial charge in [0.1, 0.15) is 11.4 Å². The number of allylic oxidation sites excluding steroid dienone is 1. The second-order valence-electron chi connectivity index (χ2n) is 4.05. The summed E-state index contributed by atoms with van der Waals surface area (Å²) in [7, 11) is 0. The fourth-order valence-electron chi connectivity index (χ4n) is 1.75. The topological polar surface area (TPSA) is 9.23 Å². The van der Waals surface area contributed by atoms with Crippen molar-refractivity contribution in [3.63, 3.8) is 0 Å². The molecule has 2 heteroatoms. The quantitative estimate of drug-likeness (QED) is 0.679. The molecule has 0 N–H and O–H groups in total. The van der Waals surface area contributed by atoms with E-state index >= 15 is 0 Å². The predicted molar refractivity (Wildman–Crippen MR) is 62.7 cm³/mol. The minimum Gasteiger partial charge on any atom is -0.482 e. The summed E-state index contributed by atoms with van der Waals surface area (Å²) >= 11 is 3.60. The summed E-state index contributed by atoms with van der Waals surface area (Å²) in [5, 5.41) is 0. The van der Waals surface area contributed by atoms with E-state index in [9.17, 15) is 0 Å². The monoisotopic (exact) mass is 252 g/mol. The zero-order valence-electron chi connectivity index (χ0n) is 8.60. The van der Waals surface area contributed by atoms with Crippen LogP contribution in [0.1, 0.15) is 26.3 Å². The third-order valence-electron chi connectivity index (χ3n) is 2.51. The van der Waals surface area contributed by atoms with Crippen LogP contribution < -0.4 is 4.74 Å². The lowest BCUT2D eigenvalue weighted by atomic mass is 9.96. The maximum absolute atomic E-state index is 5.90. The number of ether oxygens (including phenoxy) is 1. The van der Waals surface area contributed by atoms with E-state index in [0.29, 0.717) is 0 Å². The summed E-state index contributed by atoms with van der Waals surface area (Å²) in [6.07, 6.45) is 0. The molecule has 1 heterocycles. The highest BCUT2D eigenvalue weighted by molar-refractivity contribution is 9.12. The lowest BCUT2D eigenvalue weighted by molar-refractivity contribution is 0.154. The van der Waals surface area contributed by atoms with Gasteiger partial charge in [-0.25, -0.2) is 0 Å². The maximum Gasteiger partial charge on any atom is 0.135 e. The summed E-state index contributed by atoms with van der Waals surface area (Å²) in [5.41, 5.74) is 2.19. The molecule has 0 unspecified atom stereocenters. The van der Waals surface area contributed by atoms with Gasteiger partial charge in [-0.1, -0.05) is 34.1 Å². The molecule has 1 aromatic rings. The van der Waals surface area contributed by atoms with Crippen molar-refractivity contribution in [2.75, 3.05) is 0 Å². The fraction of sp³-hybridized carbons (Fsp3) is 0.333. The van der Waals surface area contributed by atoms with Gasteiger partial charge in [0.2, 0.25) is 0 Å². The lowest BCUT2D eigenvalue weighted by Gasteiger charge is -2.33. The van der Waals surface area contributed by atoms with Gasteiger partial charge in [0.25, 0.3) is 0 Å². The van der Waals surface area contributed by atoms with Gasteiger partial charge in [-0.2, -0.15) is 0 Å². The van der Waals surface area contributed by atoms with Gasteiger partial charge in [-0.05, 0) is 32.4 Å². The average molecular weight is 253 g/mol. The van der Waals surface area contributed by atoms with Crippen LogP contribution in [0.15, 0.2) is 28.7 Å². The van der Waals surface area contributed by atoms with E-state index in [1.54, 1.807) is 0 Å². The molecule has 0 spiro atoms. The first-order valence-corrected chi connectivity index (χ1v) is 5.47. The highest BCUT2D eigenvalue weighted by Crippen LogP contribution is 2.42. The minimum atomic E-state index is -0.252. The maximum atomic E-state index is 5.90. The van der Waals surface area contributed by atoms with Gasteiger partial charge >= 0.3 is 0 Å². The molecule has 0 saturated heterocycles. The average Bonchev–Trinajstić information content (AvgIpc) is 2.14. The van der Waals surface area contributed by atoms with Gasteiger partial charge in [0, 0.05) is 10.0 Å². The van der Waals surface area contributed by atoms with Crippen molar-refractivity contribution in [1.82, 2.24) is 0 Å². The normalized spacial score (nSPS) is 18.9. The molecule has 1 aliphatic rings. The molecule has 0 bridgehead atoms. The first-order valence-electron chi connectivity index (χ1n) is 4.67. The van der Waals surface area contributed by atoms with Crippen LogP contribution in [0.3, 0.4) is 0 Å². The molecule has 0 radical (unpaired) electrons. The van der Waals surface area contributed by atoms with E-state index in [0.717, 1.165) is 10.2 Å². The largest absolute Gasteiger partial charge is 0.482 e. The van der Waals surface area contributed by atoms with Gasteiger partial charge in [-0.3, -0.25) is 0 Å².